The smallest absolute Gasteiger partial charge is 0.239 e. The van der Waals surface area contributed by atoms with Crippen molar-refractivity contribution in [3.05, 3.63) is 65.7 Å². The average Bonchev–Trinajstić information content (AvgIpc) is 3.49. The van der Waals surface area contributed by atoms with E-state index in [2.05, 4.69) is 50.9 Å². The van der Waals surface area contributed by atoms with Gasteiger partial charge in [0.1, 0.15) is 5.76 Å². The summed E-state index contributed by atoms with van der Waals surface area (Å²) in [5.74, 6) is 3.02. The van der Waals surface area contributed by atoms with Gasteiger partial charge in [-0.15, -0.1) is 10.2 Å². The third-order valence-corrected chi connectivity index (χ3v) is 5.82. The second kappa shape index (κ2) is 9.30. The van der Waals surface area contributed by atoms with Crippen LogP contribution in [0.3, 0.4) is 0 Å². The van der Waals surface area contributed by atoms with Crippen LogP contribution in [0.5, 0.6) is 0 Å². The normalized spacial score (nSPS) is 12.4. The Hall–Kier alpha value is -2.87. The standard InChI is InChI=1S/C22H25N5O2S/c1-4-5-11-19-23-21(29-26-19)16(3)30-22-25-24-20(17-9-6-8-15(2)13-17)27(22)14-18-10-7-12-28-18/h6-10,12-13,16H,4-5,11,14H2,1-3H3/t16-/m0/s1. The third-order valence-electron chi connectivity index (χ3n) is 4.75. The van der Waals surface area contributed by atoms with Crippen LogP contribution in [-0.4, -0.2) is 24.9 Å². The molecule has 0 unspecified atom stereocenters. The Labute approximate surface area is 179 Å². The van der Waals surface area contributed by atoms with Crippen LogP contribution in [0.4, 0.5) is 0 Å². The molecule has 0 fully saturated rings. The lowest BCUT2D eigenvalue weighted by Crippen LogP contribution is -2.04. The molecule has 0 N–H and O–H groups in total. The molecule has 0 saturated carbocycles. The molecule has 1 atom stereocenters. The molecule has 0 aliphatic heterocycles. The fourth-order valence-electron chi connectivity index (χ4n) is 3.15. The van der Waals surface area contributed by atoms with Crippen molar-refractivity contribution in [1.29, 1.82) is 0 Å². The molecule has 0 bridgehead atoms. The Kier molecular flexibility index (Phi) is 6.32. The van der Waals surface area contributed by atoms with Crippen LogP contribution >= 0.6 is 11.8 Å². The Morgan fingerprint density at radius 2 is 2.07 bits per heavy atom. The van der Waals surface area contributed by atoms with Crippen molar-refractivity contribution < 1.29 is 8.94 Å². The van der Waals surface area contributed by atoms with Crippen molar-refractivity contribution in [2.45, 2.75) is 57.0 Å². The number of furan rings is 1. The molecule has 4 rings (SSSR count). The van der Waals surface area contributed by atoms with Gasteiger partial charge in [-0.1, -0.05) is 54.0 Å². The first kappa shape index (κ1) is 20.4. The van der Waals surface area contributed by atoms with E-state index in [-0.39, 0.29) is 5.25 Å². The zero-order valence-electron chi connectivity index (χ0n) is 17.4. The Morgan fingerprint density at radius 1 is 1.17 bits per heavy atom. The largest absolute Gasteiger partial charge is 0.467 e. The summed E-state index contributed by atoms with van der Waals surface area (Å²) < 4.78 is 13.1. The summed E-state index contributed by atoms with van der Waals surface area (Å²) in [7, 11) is 0. The van der Waals surface area contributed by atoms with Crippen LogP contribution in [0.2, 0.25) is 0 Å². The van der Waals surface area contributed by atoms with E-state index < -0.39 is 0 Å². The molecule has 0 amide bonds. The summed E-state index contributed by atoms with van der Waals surface area (Å²) in [6, 6.07) is 12.1. The van der Waals surface area contributed by atoms with Crippen LogP contribution in [0.15, 0.2) is 56.8 Å². The molecule has 7 nitrogen and oxygen atoms in total. The number of aromatic nitrogens is 5. The number of unbranched alkanes of at least 4 members (excludes halogenated alkanes) is 1. The molecule has 0 saturated heterocycles. The van der Waals surface area contributed by atoms with Crippen LogP contribution < -0.4 is 0 Å². The van der Waals surface area contributed by atoms with Crippen molar-refractivity contribution in [3.8, 4) is 11.4 Å². The highest BCUT2D eigenvalue weighted by Crippen LogP contribution is 2.35. The van der Waals surface area contributed by atoms with Crippen molar-refractivity contribution in [2.75, 3.05) is 0 Å². The second-order valence-electron chi connectivity index (χ2n) is 7.25. The molecular formula is C22H25N5O2S. The number of rotatable bonds is 9. The van der Waals surface area contributed by atoms with E-state index in [1.165, 1.54) is 5.56 Å². The van der Waals surface area contributed by atoms with E-state index in [1.54, 1.807) is 18.0 Å². The summed E-state index contributed by atoms with van der Waals surface area (Å²) >= 11 is 1.55. The summed E-state index contributed by atoms with van der Waals surface area (Å²) in [6.45, 7) is 6.81. The zero-order valence-corrected chi connectivity index (χ0v) is 18.2. The Balaban J connectivity index is 1.61. The molecule has 0 aliphatic carbocycles. The van der Waals surface area contributed by atoms with E-state index in [0.29, 0.717) is 12.4 Å². The van der Waals surface area contributed by atoms with Gasteiger partial charge in [0.25, 0.3) is 0 Å². The van der Waals surface area contributed by atoms with Crippen LogP contribution in [0, 0.1) is 6.92 Å². The average molecular weight is 424 g/mol. The van der Waals surface area contributed by atoms with Crippen LogP contribution in [0.1, 0.15) is 55.0 Å². The van der Waals surface area contributed by atoms with Crippen LogP contribution in [0.25, 0.3) is 11.4 Å². The topological polar surface area (TPSA) is 82.8 Å². The maximum atomic E-state index is 5.58. The molecular weight excluding hydrogens is 398 g/mol. The monoisotopic (exact) mass is 423 g/mol. The number of nitrogens with zero attached hydrogens (tertiary/aromatic N) is 5. The van der Waals surface area contributed by atoms with E-state index >= 15 is 0 Å². The first-order valence-electron chi connectivity index (χ1n) is 10.2. The van der Waals surface area contributed by atoms with E-state index in [1.807, 2.05) is 31.2 Å². The zero-order chi connectivity index (χ0) is 20.9. The second-order valence-corrected chi connectivity index (χ2v) is 8.56. The van der Waals surface area contributed by atoms with Crippen molar-refractivity contribution in [1.82, 2.24) is 24.9 Å². The summed E-state index contributed by atoms with van der Waals surface area (Å²) in [6.07, 6.45) is 4.67. The van der Waals surface area contributed by atoms with Gasteiger partial charge < -0.3 is 8.94 Å². The molecule has 1 aromatic carbocycles. The molecule has 3 aromatic heterocycles. The third kappa shape index (κ3) is 4.64. The van der Waals surface area contributed by atoms with Crippen molar-refractivity contribution in [3.63, 3.8) is 0 Å². The quantitative estimate of drug-likeness (QED) is 0.330. The maximum Gasteiger partial charge on any atom is 0.239 e. The molecule has 3 heterocycles. The van der Waals surface area contributed by atoms with Gasteiger partial charge in [0.15, 0.2) is 16.8 Å². The van der Waals surface area contributed by atoms with Crippen LogP contribution in [-0.2, 0) is 13.0 Å². The van der Waals surface area contributed by atoms with Gasteiger partial charge in [0.2, 0.25) is 5.89 Å². The minimum atomic E-state index is -0.0437. The molecule has 0 spiro atoms. The maximum absolute atomic E-state index is 5.58. The summed E-state index contributed by atoms with van der Waals surface area (Å²) in [4.78, 5) is 4.55. The van der Waals surface area contributed by atoms with Gasteiger partial charge in [-0.05, 0) is 38.5 Å². The molecule has 30 heavy (non-hydrogen) atoms. The first-order chi connectivity index (χ1) is 14.6. The lowest BCUT2D eigenvalue weighted by molar-refractivity contribution is 0.374. The molecule has 4 aromatic rings. The van der Waals surface area contributed by atoms with Gasteiger partial charge >= 0.3 is 0 Å². The summed E-state index contributed by atoms with van der Waals surface area (Å²) in [5.41, 5.74) is 2.20. The Morgan fingerprint density at radius 3 is 2.83 bits per heavy atom. The predicted octanol–water partition coefficient (Wildman–Crippen LogP) is 5.47. The highest BCUT2D eigenvalue weighted by molar-refractivity contribution is 7.99. The molecule has 0 radical (unpaired) electrons. The lowest BCUT2D eigenvalue weighted by atomic mass is 10.1. The SMILES string of the molecule is CCCCc1noc([C@H](C)Sc2nnc(-c3cccc(C)c3)n2Cc2ccco2)n1. The molecule has 8 heteroatoms. The number of hydrogen-bond acceptors (Lipinski definition) is 7. The van der Waals surface area contributed by atoms with Gasteiger partial charge in [0, 0.05) is 12.0 Å². The van der Waals surface area contributed by atoms with E-state index in [0.717, 1.165) is 47.4 Å². The predicted molar refractivity (Wildman–Crippen MR) is 115 cm³/mol. The number of aryl methyl sites for hydroxylation is 2. The van der Waals surface area contributed by atoms with Gasteiger partial charge in [-0.25, -0.2) is 0 Å². The van der Waals surface area contributed by atoms with E-state index in [4.69, 9.17) is 8.94 Å². The van der Waals surface area contributed by atoms with E-state index in [9.17, 15) is 0 Å². The number of thioether (sulfide) groups is 1. The fourth-order valence-corrected chi connectivity index (χ4v) is 4.03. The summed E-state index contributed by atoms with van der Waals surface area (Å²) in [5, 5.41) is 13.8. The Bertz CT molecular complexity index is 1090. The number of benzene rings is 1. The van der Waals surface area contributed by atoms with Gasteiger partial charge in [-0.3, -0.25) is 4.57 Å². The number of hydrogen-bond donors (Lipinski definition) is 0. The lowest BCUT2D eigenvalue weighted by Gasteiger charge is -2.11. The van der Waals surface area contributed by atoms with Crippen molar-refractivity contribution in [2.24, 2.45) is 0 Å². The van der Waals surface area contributed by atoms with Crippen molar-refractivity contribution >= 4 is 11.8 Å². The minimum absolute atomic E-state index is 0.0437. The van der Waals surface area contributed by atoms with Gasteiger partial charge in [-0.2, -0.15) is 4.98 Å². The van der Waals surface area contributed by atoms with Gasteiger partial charge in [0.05, 0.1) is 18.1 Å². The highest BCUT2D eigenvalue weighted by atomic mass is 32.2. The molecule has 156 valence electrons. The first-order valence-corrected chi connectivity index (χ1v) is 11.0. The molecule has 0 aliphatic rings. The minimum Gasteiger partial charge on any atom is -0.467 e. The highest BCUT2D eigenvalue weighted by Gasteiger charge is 2.22. The fraction of sp³-hybridized carbons (Fsp3) is 0.364.